The molecule has 0 radical (unpaired) electrons. The van der Waals surface area contributed by atoms with Gasteiger partial charge >= 0.3 is 5.97 Å². The molecule has 0 aliphatic carbocycles. The van der Waals surface area contributed by atoms with Crippen LogP contribution in [0.15, 0.2) is 48.7 Å². The molecule has 1 N–H and O–H groups in total. The lowest BCUT2D eigenvalue weighted by atomic mass is 9.82. The maximum Gasteiger partial charge on any atom is 0.305 e. The van der Waals surface area contributed by atoms with Crippen LogP contribution in [0.25, 0.3) is 0 Å². The van der Waals surface area contributed by atoms with E-state index in [2.05, 4.69) is 42.5 Å². The third kappa shape index (κ3) is 6.46. The largest absolute Gasteiger partial charge is 0.497 e. The number of carbonyl (C=O) groups is 3. The number of hydrogen-bond acceptors (Lipinski definition) is 9. The van der Waals surface area contributed by atoms with Crippen LogP contribution in [-0.4, -0.2) is 86.0 Å². The van der Waals surface area contributed by atoms with E-state index < -0.39 is 13.7 Å². The molecule has 0 saturated carbocycles. The number of esters is 1. The highest BCUT2D eigenvalue weighted by molar-refractivity contribution is 6.91. The summed E-state index contributed by atoms with van der Waals surface area (Å²) in [5, 5.41) is 19.2. The molecule has 1 aromatic heterocycles. The number of hydrogen-bond donors (Lipinski definition) is 1. The molecule has 268 valence electrons. The fraction of sp³-hybridized carbons (Fsp3) is 0.541. The topological polar surface area (TPSA) is 136 Å². The zero-order valence-electron chi connectivity index (χ0n) is 29.8. The quantitative estimate of drug-likeness (QED) is 0.150. The molecule has 2 fully saturated rings. The van der Waals surface area contributed by atoms with Crippen molar-refractivity contribution in [3.63, 3.8) is 0 Å². The van der Waals surface area contributed by atoms with Crippen LogP contribution in [0, 0.1) is 5.92 Å². The normalized spacial score (nSPS) is 23.3. The number of fused-ring (bicyclic) bond motifs is 2. The maximum absolute atomic E-state index is 15.0. The van der Waals surface area contributed by atoms with Gasteiger partial charge in [-0.15, -0.1) is 5.10 Å². The summed E-state index contributed by atoms with van der Waals surface area (Å²) in [5.74, 6) is 0.308. The summed E-state index contributed by atoms with van der Waals surface area (Å²) < 4.78 is 19.4. The molecule has 0 bridgehead atoms. The van der Waals surface area contributed by atoms with Crippen molar-refractivity contribution in [3.05, 3.63) is 59.9 Å². The minimum Gasteiger partial charge on any atom is -0.497 e. The molecule has 50 heavy (non-hydrogen) atoms. The van der Waals surface area contributed by atoms with Gasteiger partial charge in [-0.25, -0.2) is 0 Å². The summed E-state index contributed by atoms with van der Waals surface area (Å²) in [5.41, 5.74) is 1.88. The van der Waals surface area contributed by atoms with Crippen molar-refractivity contribution in [3.8, 4) is 5.75 Å². The number of aryl methyl sites for hydroxylation is 1. The number of ether oxygens (including phenoxy) is 3. The SMILES string of the molecule is COC(=O)CCCCN1C(=O)[C@@]2(O[C@@H](CCn3cc(CCO)nn3)[C@H]([Si](C)(C)c3ccc(OC)cc3)[C@H]2C)c2cc(N3CCCC3=O)ccc21. The summed E-state index contributed by atoms with van der Waals surface area (Å²) in [6, 6.07) is 14.2. The minimum absolute atomic E-state index is 0.0000869. The minimum atomic E-state index is -2.36. The first-order chi connectivity index (χ1) is 24.0. The van der Waals surface area contributed by atoms with Gasteiger partial charge in [-0.2, -0.15) is 0 Å². The number of benzene rings is 2. The van der Waals surface area contributed by atoms with E-state index in [0.29, 0.717) is 51.7 Å². The van der Waals surface area contributed by atoms with Crippen molar-refractivity contribution in [2.24, 2.45) is 5.92 Å². The Hall–Kier alpha value is -4.07. The van der Waals surface area contributed by atoms with Crippen LogP contribution in [0.2, 0.25) is 18.6 Å². The van der Waals surface area contributed by atoms with Gasteiger partial charge in [-0.3, -0.25) is 19.1 Å². The first kappa shape index (κ1) is 35.7. The van der Waals surface area contributed by atoms with E-state index in [1.54, 1.807) is 11.8 Å². The van der Waals surface area contributed by atoms with Crippen LogP contribution in [0.1, 0.15) is 56.7 Å². The number of aromatic nitrogens is 3. The zero-order valence-corrected chi connectivity index (χ0v) is 30.8. The summed E-state index contributed by atoms with van der Waals surface area (Å²) in [7, 11) is 0.681. The molecule has 2 saturated heterocycles. The number of aliphatic hydroxyl groups is 1. The molecule has 4 atom stereocenters. The predicted octanol–water partition coefficient (Wildman–Crippen LogP) is 3.94. The van der Waals surface area contributed by atoms with E-state index in [1.165, 1.54) is 12.3 Å². The second-order valence-corrected chi connectivity index (χ2v) is 18.9. The Morgan fingerprint density at radius 2 is 1.88 bits per heavy atom. The van der Waals surface area contributed by atoms with Crippen molar-refractivity contribution < 1.29 is 33.7 Å². The Kier molecular flexibility index (Phi) is 10.5. The lowest BCUT2D eigenvalue weighted by molar-refractivity contribution is -0.146. The third-order valence-electron chi connectivity index (χ3n) is 11.0. The number of methoxy groups -OCH3 is 2. The number of unbranched alkanes of at least 4 members (excludes halogenated alkanes) is 1. The molecular weight excluding hydrogens is 655 g/mol. The molecule has 0 unspecified atom stereocenters. The Labute approximate surface area is 294 Å². The summed E-state index contributed by atoms with van der Waals surface area (Å²) >= 11 is 0. The molecule has 3 aliphatic rings. The third-order valence-corrected chi connectivity index (χ3v) is 15.4. The van der Waals surface area contributed by atoms with E-state index in [0.717, 1.165) is 34.8 Å². The van der Waals surface area contributed by atoms with Gasteiger partial charge in [0.25, 0.3) is 5.91 Å². The lowest BCUT2D eigenvalue weighted by Crippen LogP contribution is -2.52. The summed E-state index contributed by atoms with van der Waals surface area (Å²) in [6.07, 6.45) is 5.42. The van der Waals surface area contributed by atoms with E-state index in [9.17, 15) is 14.7 Å². The van der Waals surface area contributed by atoms with Crippen molar-refractivity contribution in [1.82, 2.24) is 15.0 Å². The molecule has 12 nitrogen and oxygen atoms in total. The van der Waals surface area contributed by atoms with Crippen LogP contribution in [-0.2, 0) is 42.4 Å². The van der Waals surface area contributed by atoms with Crippen molar-refractivity contribution in [2.45, 2.75) is 88.8 Å². The first-order valence-corrected chi connectivity index (χ1v) is 20.8. The highest BCUT2D eigenvalue weighted by atomic mass is 28.3. The zero-order chi connectivity index (χ0) is 35.6. The molecule has 3 aliphatic heterocycles. The Balaban J connectivity index is 1.41. The molecule has 4 heterocycles. The van der Waals surface area contributed by atoms with Gasteiger partial charge in [0.1, 0.15) is 5.75 Å². The number of amides is 2. The monoisotopic (exact) mass is 703 g/mol. The van der Waals surface area contributed by atoms with Crippen LogP contribution < -0.4 is 19.7 Å². The Morgan fingerprint density at radius 1 is 1.10 bits per heavy atom. The number of carbonyl (C=O) groups excluding carboxylic acids is 3. The van der Waals surface area contributed by atoms with Crippen LogP contribution in [0.4, 0.5) is 11.4 Å². The second kappa shape index (κ2) is 14.6. The highest BCUT2D eigenvalue weighted by Gasteiger charge is 2.66. The average molecular weight is 704 g/mol. The Bertz CT molecular complexity index is 1710. The van der Waals surface area contributed by atoms with E-state index >= 15 is 4.79 Å². The molecule has 2 amide bonds. The van der Waals surface area contributed by atoms with Crippen LogP contribution in [0.5, 0.6) is 5.75 Å². The predicted molar refractivity (Wildman–Crippen MR) is 191 cm³/mol. The van der Waals surface area contributed by atoms with Crippen LogP contribution in [0.3, 0.4) is 0 Å². The molecule has 6 rings (SSSR count). The number of anilines is 2. The number of aliphatic hydroxyl groups excluding tert-OH is 1. The molecule has 3 aromatic rings. The molecular formula is C37H49N5O7Si. The number of rotatable bonds is 14. The fourth-order valence-electron chi connectivity index (χ4n) is 8.46. The standard InChI is InChI=1S/C37H49N5O7Si/c1-25-35(50(4,5)29-14-12-28(47-2)13-15-29)32(17-21-40-24-26(18-22-43)38-39-40)49-37(25)30-23-27(41-20-8-9-33(41)44)11-16-31(30)42(36(37)46)19-7-6-10-34(45)48-3/h11-16,23-25,32,35,43H,6-10,17-22H2,1-5H3/t25-,32+,35-,37+/m1/s1. The smallest absolute Gasteiger partial charge is 0.305 e. The van der Waals surface area contributed by atoms with Crippen molar-refractivity contribution in [1.29, 1.82) is 0 Å². The van der Waals surface area contributed by atoms with Crippen molar-refractivity contribution in [2.75, 3.05) is 43.7 Å². The van der Waals surface area contributed by atoms with E-state index in [4.69, 9.17) is 14.2 Å². The first-order valence-electron chi connectivity index (χ1n) is 17.7. The van der Waals surface area contributed by atoms with Gasteiger partial charge < -0.3 is 29.1 Å². The second-order valence-electron chi connectivity index (χ2n) is 14.2. The van der Waals surface area contributed by atoms with Gasteiger partial charge in [0.05, 0.1) is 39.8 Å². The highest BCUT2D eigenvalue weighted by Crippen LogP contribution is 2.60. The molecule has 13 heteroatoms. The van der Waals surface area contributed by atoms with Gasteiger partial charge in [0.15, 0.2) is 5.60 Å². The van der Waals surface area contributed by atoms with E-state index in [-0.39, 0.29) is 48.4 Å². The van der Waals surface area contributed by atoms with Crippen molar-refractivity contribution >= 4 is 42.4 Å². The van der Waals surface area contributed by atoms with Crippen LogP contribution >= 0.6 is 0 Å². The van der Waals surface area contributed by atoms with Gasteiger partial charge in [-0.05, 0) is 61.6 Å². The van der Waals surface area contributed by atoms with Gasteiger partial charge in [-0.1, -0.05) is 42.6 Å². The molecule has 1 spiro atoms. The van der Waals surface area contributed by atoms with Gasteiger partial charge in [0, 0.05) is 68.9 Å². The van der Waals surface area contributed by atoms with E-state index in [1.807, 2.05) is 46.3 Å². The molecule has 2 aromatic carbocycles. The lowest BCUT2D eigenvalue weighted by Gasteiger charge is -2.37. The van der Waals surface area contributed by atoms with Gasteiger partial charge in [0.2, 0.25) is 5.91 Å². The maximum atomic E-state index is 15.0. The summed E-state index contributed by atoms with van der Waals surface area (Å²) in [4.78, 5) is 43.4. The fourth-order valence-corrected chi connectivity index (χ4v) is 12.5. The Morgan fingerprint density at radius 3 is 2.56 bits per heavy atom. The summed E-state index contributed by atoms with van der Waals surface area (Å²) in [6.45, 7) is 8.48. The number of nitrogens with zero attached hydrogens (tertiary/aromatic N) is 5. The average Bonchev–Trinajstić information content (AvgIpc) is 3.88.